The second-order valence-corrected chi connectivity index (χ2v) is 6.90. The maximum Gasteiger partial charge on any atom is 0.149 e. The molecule has 1 atom stereocenters. The third-order valence-electron chi connectivity index (χ3n) is 3.03. The summed E-state index contributed by atoms with van der Waals surface area (Å²) in [7, 11) is -3.09. The monoisotopic (exact) mass is 270 g/mol. The molecule has 6 heteroatoms. The fourth-order valence-electron chi connectivity index (χ4n) is 2.23. The molecular formula is C12H15FN2O2S. The maximum absolute atomic E-state index is 13.1. The van der Waals surface area contributed by atoms with E-state index in [0.717, 1.165) is 5.56 Å². The lowest BCUT2D eigenvalue weighted by Crippen LogP contribution is -2.38. The van der Waals surface area contributed by atoms with Crippen LogP contribution in [0.2, 0.25) is 0 Å². The fraction of sp³-hybridized carbons (Fsp3) is 0.417. The van der Waals surface area contributed by atoms with Crippen molar-refractivity contribution in [3.8, 4) is 0 Å². The van der Waals surface area contributed by atoms with Gasteiger partial charge in [-0.2, -0.15) is 0 Å². The van der Waals surface area contributed by atoms with Crippen molar-refractivity contribution in [1.29, 1.82) is 5.41 Å². The predicted molar refractivity (Wildman–Crippen MR) is 67.9 cm³/mol. The van der Waals surface area contributed by atoms with E-state index >= 15 is 0 Å². The van der Waals surface area contributed by atoms with Gasteiger partial charge in [0.05, 0.1) is 5.75 Å². The molecule has 1 aromatic rings. The van der Waals surface area contributed by atoms with E-state index < -0.39 is 9.84 Å². The molecule has 0 aromatic heterocycles. The summed E-state index contributed by atoms with van der Waals surface area (Å²) >= 11 is 0. The highest BCUT2D eigenvalue weighted by Crippen LogP contribution is 2.25. The molecule has 1 unspecified atom stereocenters. The minimum absolute atomic E-state index is 0.00808. The van der Waals surface area contributed by atoms with Crippen molar-refractivity contribution in [1.82, 2.24) is 4.90 Å². The first kappa shape index (κ1) is 13.0. The first-order valence-corrected chi connectivity index (χ1v) is 7.65. The van der Waals surface area contributed by atoms with Gasteiger partial charge in [-0.05, 0) is 24.6 Å². The van der Waals surface area contributed by atoms with Crippen LogP contribution in [0.5, 0.6) is 0 Å². The predicted octanol–water partition coefficient (Wildman–Crippen LogP) is 1.40. The lowest BCUT2D eigenvalue weighted by molar-refractivity contribution is 0.356. The molecular weight excluding hydrogens is 255 g/mol. The summed E-state index contributed by atoms with van der Waals surface area (Å²) in [5.41, 5.74) is 1.41. The van der Waals surface area contributed by atoms with Crippen LogP contribution in [0.3, 0.4) is 0 Å². The Labute approximate surface area is 106 Å². The largest absolute Gasteiger partial charge is 0.349 e. The van der Waals surface area contributed by atoms with Gasteiger partial charge in [0.2, 0.25) is 0 Å². The van der Waals surface area contributed by atoms with Gasteiger partial charge in [0.15, 0.2) is 0 Å². The van der Waals surface area contributed by atoms with Gasteiger partial charge in [-0.15, -0.1) is 0 Å². The van der Waals surface area contributed by atoms with Crippen molar-refractivity contribution in [2.24, 2.45) is 0 Å². The number of nitrogens with zero attached hydrogens (tertiary/aromatic N) is 1. The highest BCUT2D eigenvalue weighted by Gasteiger charge is 2.29. The van der Waals surface area contributed by atoms with Gasteiger partial charge in [-0.3, -0.25) is 5.41 Å². The number of rotatable bonds is 3. The Morgan fingerprint density at radius 2 is 2.17 bits per heavy atom. The molecule has 0 spiro atoms. The molecule has 0 bridgehead atoms. The quantitative estimate of drug-likeness (QED) is 0.903. The third-order valence-corrected chi connectivity index (χ3v) is 4.12. The van der Waals surface area contributed by atoms with E-state index in [0.29, 0.717) is 12.1 Å². The smallest absolute Gasteiger partial charge is 0.149 e. The van der Waals surface area contributed by atoms with E-state index in [1.165, 1.54) is 18.4 Å². The molecule has 4 nitrogen and oxygen atoms in total. The average molecular weight is 270 g/mol. The van der Waals surface area contributed by atoms with Crippen LogP contribution in [-0.4, -0.2) is 37.2 Å². The van der Waals surface area contributed by atoms with Crippen LogP contribution in [0, 0.1) is 11.2 Å². The maximum atomic E-state index is 13.1. The summed E-state index contributed by atoms with van der Waals surface area (Å²) in [5.74, 6) is -0.192. The SMILES string of the molecule is CC(CS(C)(=O)=O)N1Cc2ccc(F)cc2C1=N. The number of hydrogen-bond donors (Lipinski definition) is 1. The van der Waals surface area contributed by atoms with Gasteiger partial charge >= 0.3 is 0 Å². The lowest BCUT2D eigenvalue weighted by Gasteiger charge is -2.25. The van der Waals surface area contributed by atoms with E-state index in [1.54, 1.807) is 17.9 Å². The summed E-state index contributed by atoms with van der Waals surface area (Å²) in [4.78, 5) is 1.69. The van der Waals surface area contributed by atoms with Crippen LogP contribution in [0.15, 0.2) is 18.2 Å². The summed E-state index contributed by atoms with van der Waals surface area (Å²) < 4.78 is 35.7. The first-order chi connectivity index (χ1) is 8.28. The van der Waals surface area contributed by atoms with Gasteiger partial charge in [-0.25, -0.2) is 12.8 Å². The number of fused-ring (bicyclic) bond motifs is 1. The second-order valence-electron chi connectivity index (χ2n) is 4.72. The molecule has 0 fully saturated rings. The molecule has 0 saturated carbocycles. The number of sulfone groups is 1. The number of benzene rings is 1. The number of halogens is 1. The van der Waals surface area contributed by atoms with Gasteiger partial charge in [0, 0.05) is 24.4 Å². The Balaban J connectivity index is 2.24. The summed E-state index contributed by atoms with van der Waals surface area (Å²) in [6.45, 7) is 2.23. The number of hydrogen-bond acceptors (Lipinski definition) is 3. The molecule has 2 rings (SSSR count). The Bertz CT molecular complexity index is 598. The minimum atomic E-state index is -3.09. The van der Waals surface area contributed by atoms with Crippen LogP contribution < -0.4 is 0 Å². The molecule has 98 valence electrons. The normalized spacial score (nSPS) is 16.8. The van der Waals surface area contributed by atoms with Crippen molar-refractivity contribution in [2.45, 2.75) is 19.5 Å². The van der Waals surface area contributed by atoms with Crippen molar-refractivity contribution in [2.75, 3.05) is 12.0 Å². The average Bonchev–Trinajstić information content (AvgIpc) is 2.54. The zero-order valence-corrected chi connectivity index (χ0v) is 11.1. The minimum Gasteiger partial charge on any atom is -0.349 e. The van der Waals surface area contributed by atoms with Crippen LogP contribution in [0.25, 0.3) is 0 Å². The fourth-order valence-corrected chi connectivity index (χ4v) is 3.28. The molecule has 1 heterocycles. The van der Waals surface area contributed by atoms with E-state index in [2.05, 4.69) is 0 Å². The molecule has 0 saturated heterocycles. The van der Waals surface area contributed by atoms with Gasteiger partial charge in [-0.1, -0.05) is 6.07 Å². The number of nitrogens with one attached hydrogen (secondary N) is 1. The molecule has 0 radical (unpaired) electrons. The molecule has 18 heavy (non-hydrogen) atoms. The van der Waals surface area contributed by atoms with Crippen molar-refractivity contribution in [3.63, 3.8) is 0 Å². The Kier molecular flexibility index (Phi) is 3.14. The Hall–Kier alpha value is -1.43. The zero-order chi connectivity index (χ0) is 13.5. The van der Waals surface area contributed by atoms with Crippen molar-refractivity contribution in [3.05, 3.63) is 35.1 Å². The topological polar surface area (TPSA) is 61.2 Å². The summed E-state index contributed by atoms with van der Waals surface area (Å²) in [5, 5.41) is 7.99. The lowest BCUT2D eigenvalue weighted by atomic mass is 10.1. The molecule has 1 N–H and O–H groups in total. The van der Waals surface area contributed by atoms with Crippen LogP contribution in [0.1, 0.15) is 18.1 Å². The van der Waals surface area contributed by atoms with Crippen molar-refractivity contribution < 1.29 is 12.8 Å². The van der Waals surface area contributed by atoms with Gasteiger partial charge < -0.3 is 4.90 Å². The first-order valence-electron chi connectivity index (χ1n) is 5.59. The van der Waals surface area contributed by atoms with Crippen LogP contribution in [-0.2, 0) is 16.4 Å². The summed E-state index contributed by atoms with van der Waals surface area (Å²) in [6.07, 6.45) is 1.18. The Morgan fingerprint density at radius 1 is 1.50 bits per heavy atom. The standard InChI is InChI=1S/C12H15FN2O2S/c1-8(7-18(2,16)17)15-6-9-3-4-10(13)5-11(9)12(15)14/h3-5,8,14H,6-7H2,1-2H3. The van der Waals surface area contributed by atoms with Crippen LogP contribution >= 0.6 is 0 Å². The van der Waals surface area contributed by atoms with Gasteiger partial charge in [0.25, 0.3) is 0 Å². The summed E-state index contributed by atoms with van der Waals surface area (Å²) in [6, 6.07) is 4.04. The van der Waals surface area contributed by atoms with Crippen LogP contribution in [0.4, 0.5) is 4.39 Å². The van der Waals surface area contributed by atoms with E-state index in [9.17, 15) is 12.8 Å². The van der Waals surface area contributed by atoms with E-state index in [-0.39, 0.29) is 23.4 Å². The van der Waals surface area contributed by atoms with Gasteiger partial charge in [0.1, 0.15) is 21.5 Å². The van der Waals surface area contributed by atoms with Crippen molar-refractivity contribution >= 4 is 15.7 Å². The highest BCUT2D eigenvalue weighted by atomic mass is 32.2. The second kappa shape index (κ2) is 4.35. The molecule has 0 amide bonds. The molecule has 1 aliphatic rings. The Morgan fingerprint density at radius 3 is 2.78 bits per heavy atom. The van der Waals surface area contributed by atoms with E-state index in [4.69, 9.17) is 5.41 Å². The van der Waals surface area contributed by atoms with E-state index in [1.807, 2.05) is 0 Å². The molecule has 1 aromatic carbocycles. The third kappa shape index (κ3) is 2.53. The zero-order valence-electron chi connectivity index (χ0n) is 10.3. The number of amidine groups is 1. The molecule has 0 aliphatic carbocycles. The highest BCUT2D eigenvalue weighted by molar-refractivity contribution is 7.90. The molecule has 1 aliphatic heterocycles.